The van der Waals surface area contributed by atoms with Gasteiger partial charge in [0.25, 0.3) is 0 Å². The maximum Gasteiger partial charge on any atom is 0.0851 e. The Morgan fingerprint density at radius 2 is 1.88 bits per heavy atom. The summed E-state index contributed by atoms with van der Waals surface area (Å²) >= 11 is 0. The molecule has 3 nitrogen and oxygen atoms in total. The zero-order valence-electron chi connectivity index (χ0n) is 17.2. The number of rotatable bonds is 7. The molecule has 3 heteroatoms. The van der Waals surface area contributed by atoms with Gasteiger partial charge >= 0.3 is 0 Å². The first kappa shape index (κ1) is 18.3. The molecular formula is C22H40N2O. The molecule has 1 spiro atoms. The molecule has 3 bridgehead atoms. The van der Waals surface area contributed by atoms with E-state index in [0.29, 0.717) is 11.5 Å². The lowest BCUT2D eigenvalue weighted by molar-refractivity contribution is -0.115. The first-order chi connectivity index (χ1) is 11.8. The van der Waals surface area contributed by atoms with Crippen LogP contribution in [0.4, 0.5) is 0 Å². The molecule has 0 aromatic carbocycles. The fourth-order valence-electron chi connectivity index (χ4n) is 7.53. The predicted octanol–water partition coefficient (Wildman–Crippen LogP) is 4.07. The Morgan fingerprint density at radius 3 is 2.64 bits per heavy atom. The van der Waals surface area contributed by atoms with Gasteiger partial charge in [-0.1, -0.05) is 13.3 Å². The molecule has 4 aliphatic rings. The molecule has 1 saturated heterocycles. The third-order valence-corrected chi connectivity index (χ3v) is 8.85. The zero-order chi connectivity index (χ0) is 17.9. The fourth-order valence-corrected chi connectivity index (χ4v) is 7.53. The number of nitrogens with one attached hydrogen (secondary N) is 1. The molecule has 0 aromatic heterocycles. The summed E-state index contributed by atoms with van der Waals surface area (Å²) in [5.74, 6) is 2.41. The minimum absolute atomic E-state index is 0.0720. The van der Waals surface area contributed by atoms with Gasteiger partial charge in [0.15, 0.2) is 0 Å². The lowest BCUT2D eigenvalue weighted by Crippen LogP contribution is -2.62. The van der Waals surface area contributed by atoms with Crippen LogP contribution in [-0.2, 0) is 4.74 Å². The van der Waals surface area contributed by atoms with E-state index in [2.05, 4.69) is 45.1 Å². The number of ether oxygens (including phenoxy) is 1. The Labute approximate surface area is 155 Å². The van der Waals surface area contributed by atoms with Crippen LogP contribution in [-0.4, -0.2) is 49.3 Å². The van der Waals surface area contributed by atoms with Crippen molar-refractivity contribution in [3.8, 4) is 0 Å². The highest BCUT2D eigenvalue weighted by molar-refractivity contribution is 5.24. The van der Waals surface area contributed by atoms with Crippen LogP contribution in [0.1, 0.15) is 72.1 Å². The first-order valence-corrected chi connectivity index (χ1v) is 10.9. The minimum atomic E-state index is 0.0720. The van der Waals surface area contributed by atoms with Crippen LogP contribution in [0.5, 0.6) is 0 Å². The molecule has 4 rings (SSSR count). The standard InChI is InChI=1S/C22H40N2O/c1-16-9-10-18-21(3)19(23-13-7-6-8-14-24(4)5)17-15-22(16,18)12-11-20(17,2)25-21/h16-19,23H,6-15H2,1-5H3. The lowest BCUT2D eigenvalue weighted by atomic mass is 9.49. The van der Waals surface area contributed by atoms with E-state index in [-0.39, 0.29) is 11.2 Å². The molecular weight excluding hydrogens is 308 g/mol. The number of hydrogen-bond donors (Lipinski definition) is 1. The van der Waals surface area contributed by atoms with Gasteiger partial charge in [-0.15, -0.1) is 0 Å². The highest BCUT2D eigenvalue weighted by atomic mass is 16.5. The van der Waals surface area contributed by atoms with Gasteiger partial charge in [-0.3, -0.25) is 0 Å². The van der Waals surface area contributed by atoms with Crippen molar-refractivity contribution >= 4 is 0 Å². The van der Waals surface area contributed by atoms with Gasteiger partial charge < -0.3 is 15.0 Å². The molecule has 0 radical (unpaired) electrons. The summed E-state index contributed by atoms with van der Waals surface area (Å²) in [6.07, 6.45) is 10.9. The third-order valence-electron chi connectivity index (χ3n) is 8.85. The molecule has 3 aliphatic carbocycles. The van der Waals surface area contributed by atoms with Gasteiger partial charge in [0.1, 0.15) is 0 Å². The molecule has 3 saturated carbocycles. The molecule has 1 N–H and O–H groups in total. The summed E-state index contributed by atoms with van der Waals surface area (Å²) in [6.45, 7) is 9.81. The minimum Gasteiger partial charge on any atom is -0.367 e. The second kappa shape index (κ2) is 6.21. The Morgan fingerprint density at radius 1 is 1.08 bits per heavy atom. The average Bonchev–Trinajstić information content (AvgIpc) is 2.91. The third kappa shape index (κ3) is 2.63. The Balaban J connectivity index is 1.43. The van der Waals surface area contributed by atoms with Crippen molar-refractivity contribution in [3.05, 3.63) is 0 Å². The van der Waals surface area contributed by atoms with Crippen molar-refractivity contribution < 1.29 is 4.74 Å². The topological polar surface area (TPSA) is 24.5 Å². The molecule has 25 heavy (non-hydrogen) atoms. The van der Waals surface area contributed by atoms with Crippen LogP contribution in [0.2, 0.25) is 0 Å². The summed E-state index contributed by atoms with van der Waals surface area (Å²) in [5, 5.41) is 4.01. The van der Waals surface area contributed by atoms with Gasteiger partial charge in [0.05, 0.1) is 11.2 Å². The highest BCUT2D eigenvalue weighted by Crippen LogP contribution is 2.72. The van der Waals surface area contributed by atoms with E-state index < -0.39 is 0 Å². The average molecular weight is 349 g/mol. The van der Waals surface area contributed by atoms with Crippen LogP contribution >= 0.6 is 0 Å². The smallest absolute Gasteiger partial charge is 0.0851 e. The maximum absolute atomic E-state index is 6.96. The summed E-state index contributed by atoms with van der Waals surface area (Å²) in [5.41, 5.74) is 0.800. The van der Waals surface area contributed by atoms with Gasteiger partial charge in [-0.05, 0) is 103 Å². The van der Waals surface area contributed by atoms with Crippen molar-refractivity contribution in [3.63, 3.8) is 0 Å². The van der Waals surface area contributed by atoms with E-state index in [1.165, 1.54) is 64.5 Å². The normalized spacial score (nSPS) is 50.6. The maximum atomic E-state index is 6.96. The molecule has 1 aliphatic heterocycles. The second-order valence-corrected chi connectivity index (χ2v) is 10.5. The molecule has 0 amide bonds. The number of fused-ring (bicyclic) bond motifs is 2. The lowest BCUT2D eigenvalue weighted by Gasteiger charge is -2.55. The zero-order valence-corrected chi connectivity index (χ0v) is 17.2. The largest absolute Gasteiger partial charge is 0.367 e. The van der Waals surface area contributed by atoms with Gasteiger partial charge in [0.2, 0.25) is 0 Å². The van der Waals surface area contributed by atoms with Crippen LogP contribution < -0.4 is 5.32 Å². The predicted molar refractivity (Wildman–Crippen MR) is 104 cm³/mol. The number of unbranched alkanes of at least 4 members (excludes halogenated alkanes) is 2. The first-order valence-electron chi connectivity index (χ1n) is 10.9. The van der Waals surface area contributed by atoms with Crippen LogP contribution in [0.25, 0.3) is 0 Å². The highest BCUT2D eigenvalue weighted by Gasteiger charge is 2.73. The molecule has 4 fully saturated rings. The van der Waals surface area contributed by atoms with E-state index >= 15 is 0 Å². The fraction of sp³-hybridized carbons (Fsp3) is 1.00. The van der Waals surface area contributed by atoms with Crippen LogP contribution in [0.15, 0.2) is 0 Å². The van der Waals surface area contributed by atoms with Crippen molar-refractivity contribution in [2.24, 2.45) is 23.2 Å². The molecule has 144 valence electrons. The van der Waals surface area contributed by atoms with E-state index in [4.69, 9.17) is 4.74 Å². The Hall–Kier alpha value is -0.120. The van der Waals surface area contributed by atoms with Crippen molar-refractivity contribution in [2.45, 2.75) is 89.4 Å². The monoisotopic (exact) mass is 348 g/mol. The summed E-state index contributed by atoms with van der Waals surface area (Å²) in [6, 6.07) is 0.579. The van der Waals surface area contributed by atoms with E-state index in [0.717, 1.165) is 17.8 Å². The SMILES string of the molecule is CC1CCC2C13CCC1(C)OC2(C)C(NCCCCCN(C)C)C1C3. The van der Waals surface area contributed by atoms with E-state index in [9.17, 15) is 0 Å². The molecule has 0 aromatic rings. The van der Waals surface area contributed by atoms with Crippen molar-refractivity contribution in [2.75, 3.05) is 27.2 Å². The summed E-state index contributed by atoms with van der Waals surface area (Å²) in [7, 11) is 4.34. The van der Waals surface area contributed by atoms with E-state index in [1.54, 1.807) is 0 Å². The number of nitrogens with zero attached hydrogens (tertiary/aromatic N) is 1. The van der Waals surface area contributed by atoms with E-state index in [1.807, 2.05) is 0 Å². The Kier molecular flexibility index (Phi) is 4.53. The van der Waals surface area contributed by atoms with Gasteiger partial charge in [-0.25, -0.2) is 0 Å². The van der Waals surface area contributed by atoms with Crippen LogP contribution in [0.3, 0.4) is 0 Å². The molecule has 1 heterocycles. The van der Waals surface area contributed by atoms with Crippen LogP contribution in [0, 0.1) is 23.2 Å². The Bertz CT molecular complexity index is 508. The van der Waals surface area contributed by atoms with Gasteiger partial charge in [0, 0.05) is 12.0 Å². The second-order valence-electron chi connectivity index (χ2n) is 10.5. The number of hydrogen-bond acceptors (Lipinski definition) is 3. The van der Waals surface area contributed by atoms with Crippen molar-refractivity contribution in [1.29, 1.82) is 0 Å². The molecule has 7 atom stereocenters. The van der Waals surface area contributed by atoms with Crippen molar-refractivity contribution in [1.82, 2.24) is 10.2 Å². The quantitative estimate of drug-likeness (QED) is 0.702. The summed E-state index contributed by atoms with van der Waals surface area (Å²) < 4.78 is 6.96. The molecule has 7 unspecified atom stereocenters. The summed E-state index contributed by atoms with van der Waals surface area (Å²) in [4.78, 5) is 2.29. The van der Waals surface area contributed by atoms with Gasteiger partial charge in [-0.2, -0.15) is 0 Å².